The number of aromatic nitrogens is 2. The van der Waals surface area contributed by atoms with E-state index in [1.54, 1.807) is 0 Å². The van der Waals surface area contributed by atoms with Gasteiger partial charge in [0, 0.05) is 12.0 Å². The number of nitrogen functional groups attached to an aromatic ring is 1. The van der Waals surface area contributed by atoms with Crippen LogP contribution >= 0.6 is 0 Å². The van der Waals surface area contributed by atoms with Crippen LogP contribution in [0.15, 0.2) is 22.7 Å². The van der Waals surface area contributed by atoms with Gasteiger partial charge in [-0.2, -0.15) is 4.98 Å². The molecule has 0 aliphatic carbocycles. The molecule has 0 amide bonds. The van der Waals surface area contributed by atoms with E-state index in [0.29, 0.717) is 11.4 Å². The van der Waals surface area contributed by atoms with Gasteiger partial charge in [0.2, 0.25) is 0 Å². The average Bonchev–Trinajstić information content (AvgIpc) is 2.86. The summed E-state index contributed by atoms with van der Waals surface area (Å²) < 4.78 is 46.4. The van der Waals surface area contributed by atoms with E-state index in [1.165, 1.54) is 18.2 Å². The molecule has 0 radical (unpaired) electrons. The van der Waals surface area contributed by atoms with Gasteiger partial charge in [0.25, 0.3) is 12.3 Å². The van der Waals surface area contributed by atoms with E-state index < -0.39 is 18.8 Å². The predicted molar refractivity (Wildman–Crippen MR) is 64.6 cm³/mol. The molecular weight excluding hydrogens is 275 g/mol. The number of ether oxygens (including phenoxy) is 1. The van der Waals surface area contributed by atoms with Gasteiger partial charge >= 0.3 is 0 Å². The number of hydrogen-bond donors (Lipinski definition) is 1. The van der Waals surface area contributed by atoms with Gasteiger partial charge in [-0.15, -0.1) is 0 Å². The van der Waals surface area contributed by atoms with Crippen molar-refractivity contribution in [3.8, 4) is 11.5 Å². The molecule has 5 nitrogen and oxygen atoms in total. The van der Waals surface area contributed by atoms with Gasteiger partial charge in [-0.25, -0.2) is 13.2 Å². The molecule has 20 heavy (non-hydrogen) atoms. The Hall–Kier alpha value is -2.09. The summed E-state index contributed by atoms with van der Waals surface area (Å²) in [4.78, 5) is 4.04. The number of alkyl halides is 2. The van der Waals surface area contributed by atoms with E-state index in [-0.39, 0.29) is 24.6 Å². The highest BCUT2D eigenvalue weighted by Crippen LogP contribution is 2.21. The second kappa shape index (κ2) is 6.38. The molecule has 2 aromatic rings. The van der Waals surface area contributed by atoms with Crippen LogP contribution in [0.25, 0.3) is 11.5 Å². The molecule has 0 atom stereocenters. The SMILES string of the molecule is Nc1cc(-c2nc(CCOCC(F)F)no2)ccc1F. The Bertz CT molecular complexity index is 575. The Morgan fingerprint density at radius 3 is 2.85 bits per heavy atom. The molecule has 1 aromatic heterocycles. The highest BCUT2D eigenvalue weighted by molar-refractivity contribution is 5.59. The van der Waals surface area contributed by atoms with E-state index in [1.807, 2.05) is 0 Å². The van der Waals surface area contributed by atoms with Crippen LogP contribution in [0.2, 0.25) is 0 Å². The Kier molecular flexibility index (Phi) is 4.57. The maximum atomic E-state index is 13.0. The summed E-state index contributed by atoms with van der Waals surface area (Å²) >= 11 is 0. The summed E-state index contributed by atoms with van der Waals surface area (Å²) in [5.41, 5.74) is 5.89. The quantitative estimate of drug-likeness (QED) is 0.651. The third-order valence-corrected chi connectivity index (χ3v) is 2.42. The summed E-state index contributed by atoms with van der Waals surface area (Å²) in [6, 6.07) is 4.02. The first-order valence-electron chi connectivity index (χ1n) is 5.80. The third kappa shape index (κ3) is 3.70. The van der Waals surface area contributed by atoms with Crippen LogP contribution in [-0.4, -0.2) is 29.8 Å². The highest BCUT2D eigenvalue weighted by atomic mass is 19.3. The van der Waals surface area contributed by atoms with Crippen molar-refractivity contribution in [1.29, 1.82) is 0 Å². The second-order valence-electron chi connectivity index (χ2n) is 3.97. The number of hydrogen-bond acceptors (Lipinski definition) is 5. The Balaban J connectivity index is 1.96. The average molecular weight is 287 g/mol. The number of halogens is 3. The lowest BCUT2D eigenvalue weighted by atomic mass is 10.2. The van der Waals surface area contributed by atoms with Crippen molar-refractivity contribution in [3.05, 3.63) is 29.8 Å². The van der Waals surface area contributed by atoms with Crippen molar-refractivity contribution in [2.24, 2.45) is 0 Å². The zero-order valence-electron chi connectivity index (χ0n) is 10.4. The van der Waals surface area contributed by atoms with Crippen molar-refractivity contribution in [3.63, 3.8) is 0 Å². The van der Waals surface area contributed by atoms with Gasteiger partial charge in [-0.3, -0.25) is 0 Å². The fourth-order valence-corrected chi connectivity index (χ4v) is 1.49. The van der Waals surface area contributed by atoms with E-state index in [4.69, 9.17) is 15.0 Å². The minimum absolute atomic E-state index is 0.0254. The van der Waals surface area contributed by atoms with Crippen molar-refractivity contribution in [2.75, 3.05) is 18.9 Å². The molecule has 0 fully saturated rings. The maximum Gasteiger partial charge on any atom is 0.261 e. The molecule has 2 rings (SSSR count). The maximum absolute atomic E-state index is 13.0. The lowest BCUT2D eigenvalue weighted by molar-refractivity contribution is 0.0182. The molecule has 0 saturated heterocycles. The number of nitrogens with zero attached hydrogens (tertiary/aromatic N) is 2. The molecule has 0 aliphatic rings. The molecule has 0 bridgehead atoms. The smallest absolute Gasteiger partial charge is 0.261 e. The predicted octanol–water partition coefficient (Wildman–Crippen LogP) is 2.28. The Morgan fingerprint density at radius 2 is 2.15 bits per heavy atom. The summed E-state index contributed by atoms with van der Waals surface area (Å²) in [5, 5.41) is 3.67. The fraction of sp³-hybridized carbons (Fsp3) is 0.333. The Morgan fingerprint density at radius 1 is 1.35 bits per heavy atom. The van der Waals surface area contributed by atoms with Crippen LogP contribution in [0.5, 0.6) is 0 Å². The van der Waals surface area contributed by atoms with Gasteiger partial charge in [-0.05, 0) is 18.2 Å². The molecule has 1 aromatic carbocycles. The topological polar surface area (TPSA) is 74.2 Å². The van der Waals surface area contributed by atoms with Crippen molar-refractivity contribution in [2.45, 2.75) is 12.8 Å². The van der Waals surface area contributed by atoms with Crippen LogP contribution in [0.4, 0.5) is 18.9 Å². The first kappa shape index (κ1) is 14.3. The van der Waals surface area contributed by atoms with Gasteiger partial charge in [0.1, 0.15) is 12.4 Å². The molecule has 2 N–H and O–H groups in total. The summed E-state index contributed by atoms with van der Waals surface area (Å²) in [6.07, 6.45) is -2.26. The molecular formula is C12H12F3N3O2. The fourth-order valence-electron chi connectivity index (χ4n) is 1.49. The minimum atomic E-state index is -2.50. The standard InChI is InChI=1S/C12H12F3N3O2/c13-8-2-1-7(5-9(8)16)12-17-11(18-20-12)3-4-19-6-10(14)15/h1-2,5,10H,3-4,6,16H2. The molecule has 0 aliphatic heterocycles. The number of benzene rings is 1. The van der Waals surface area contributed by atoms with Crippen LogP contribution in [0.1, 0.15) is 5.82 Å². The lowest BCUT2D eigenvalue weighted by Gasteiger charge is -2.00. The highest BCUT2D eigenvalue weighted by Gasteiger charge is 2.11. The van der Waals surface area contributed by atoms with E-state index in [2.05, 4.69) is 10.1 Å². The normalized spacial score (nSPS) is 11.2. The van der Waals surface area contributed by atoms with Crippen LogP contribution in [0.3, 0.4) is 0 Å². The van der Waals surface area contributed by atoms with E-state index in [0.717, 1.165) is 0 Å². The summed E-state index contributed by atoms with van der Waals surface area (Å²) in [7, 11) is 0. The largest absolute Gasteiger partial charge is 0.396 e. The van der Waals surface area contributed by atoms with E-state index >= 15 is 0 Å². The molecule has 0 unspecified atom stereocenters. The van der Waals surface area contributed by atoms with Crippen LogP contribution < -0.4 is 5.73 Å². The van der Waals surface area contributed by atoms with Gasteiger partial charge in [0.05, 0.1) is 12.3 Å². The van der Waals surface area contributed by atoms with E-state index in [9.17, 15) is 13.2 Å². The first-order chi connectivity index (χ1) is 9.56. The Labute approximate surface area is 112 Å². The van der Waals surface area contributed by atoms with Crippen molar-refractivity contribution < 1.29 is 22.4 Å². The van der Waals surface area contributed by atoms with Crippen LogP contribution in [-0.2, 0) is 11.2 Å². The lowest BCUT2D eigenvalue weighted by Crippen LogP contribution is -2.07. The van der Waals surface area contributed by atoms with Gasteiger partial charge in [-0.1, -0.05) is 5.16 Å². The summed E-state index contributed by atoms with van der Waals surface area (Å²) in [5.74, 6) is -0.0355. The first-order valence-corrected chi connectivity index (χ1v) is 5.80. The monoisotopic (exact) mass is 287 g/mol. The zero-order chi connectivity index (χ0) is 14.5. The molecule has 8 heteroatoms. The molecule has 0 spiro atoms. The minimum Gasteiger partial charge on any atom is -0.396 e. The third-order valence-electron chi connectivity index (χ3n) is 2.42. The molecule has 1 heterocycles. The number of rotatable bonds is 6. The van der Waals surface area contributed by atoms with Gasteiger partial charge in [0.15, 0.2) is 5.82 Å². The summed E-state index contributed by atoms with van der Waals surface area (Å²) in [6.45, 7) is -0.561. The molecule has 108 valence electrons. The van der Waals surface area contributed by atoms with Crippen molar-refractivity contribution >= 4 is 5.69 Å². The second-order valence-corrected chi connectivity index (χ2v) is 3.97. The number of nitrogens with two attached hydrogens (primary N) is 1. The zero-order valence-corrected chi connectivity index (χ0v) is 10.4. The van der Waals surface area contributed by atoms with Crippen LogP contribution in [0, 0.1) is 5.82 Å². The number of anilines is 1. The van der Waals surface area contributed by atoms with Crippen molar-refractivity contribution in [1.82, 2.24) is 10.1 Å². The molecule has 0 saturated carbocycles. The van der Waals surface area contributed by atoms with Gasteiger partial charge < -0.3 is 15.0 Å².